The van der Waals surface area contributed by atoms with E-state index in [1.54, 1.807) is 11.9 Å². The first-order chi connectivity index (χ1) is 12.4. The van der Waals surface area contributed by atoms with Crippen molar-refractivity contribution < 1.29 is 19.4 Å². The normalized spacial score (nSPS) is 20.8. The van der Waals surface area contributed by atoms with Crippen molar-refractivity contribution in [1.29, 1.82) is 0 Å². The van der Waals surface area contributed by atoms with Crippen LogP contribution < -0.4 is 4.74 Å². The molecule has 2 fully saturated rings. The lowest BCUT2D eigenvalue weighted by molar-refractivity contribution is -0.135. The lowest BCUT2D eigenvalue weighted by atomic mass is 9.81. The van der Waals surface area contributed by atoms with Crippen molar-refractivity contribution in [1.82, 2.24) is 9.80 Å². The van der Waals surface area contributed by atoms with Crippen LogP contribution in [-0.2, 0) is 4.79 Å². The Morgan fingerprint density at radius 1 is 1.15 bits per heavy atom. The number of rotatable bonds is 5. The van der Waals surface area contributed by atoms with Gasteiger partial charge in [0, 0.05) is 7.05 Å². The molecule has 1 aliphatic heterocycles. The summed E-state index contributed by atoms with van der Waals surface area (Å²) in [7, 11) is 1.70. The monoisotopic (exact) mass is 360 g/mol. The fraction of sp³-hybridized carbons (Fsp3) is 0.600. The number of nitrogens with zero attached hydrogens (tertiary/aromatic N) is 2. The Balaban J connectivity index is 1.65. The maximum absolute atomic E-state index is 12.9. The molecule has 1 saturated heterocycles. The highest BCUT2D eigenvalue weighted by molar-refractivity contribution is 6.07. The maximum atomic E-state index is 12.9. The number of imide groups is 1. The van der Waals surface area contributed by atoms with E-state index in [0.29, 0.717) is 12.8 Å². The maximum Gasteiger partial charge on any atom is 0.327 e. The molecule has 1 heterocycles. The van der Waals surface area contributed by atoms with Crippen LogP contribution in [0.1, 0.15) is 43.2 Å². The predicted octanol–water partition coefficient (Wildman–Crippen LogP) is 2.64. The van der Waals surface area contributed by atoms with Gasteiger partial charge in [-0.15, -0.1) is 0 Å². The third-order valence-corrected chi connectivity index (χ3v) is 5.71. The number of carbonyl (C=O) groups is 2. The lowest BCUT2D eigenvalue weighted by Gasteiger charge is -2.35. The average Bonchev–Trinajstić information content (AvgIpc) is 2.78. The van der Waals surface area contributed by atoms with E-state index in [9.17, 15) is 14.7 Å². The van der Waals surface area contributed by atoms with Gasteiger partial charge in [0.05, 0.1) is 6.54 Å². The van der Waals surface area contributed by atoms with Crippen molar-refractivity contribution in [3.05, 3.63) is 29.3 Å². The number of hydrogen-bond donors (Lipinski definition) is 1. The summed E-state index contributed by atoms with van der Waals surface area (Å²) in [5, 5.41) is 10.4. The molecule has 1 N–H and O–H groups in total. The molecule has 1 aliphatic carbocycles. The summed E-state index contributed by atoms with van der Waals surface area (Å²) in [6.45, 7) is 3.90. The number of aliphatic hydroxyl groups is 1. The fourth-order valence-corrected chi connectivity index (χ4v) is 4.16. The molecular weight excluding hydrogens is 332 g/mol. The molecule has 142 valence electrons. The highest BCUT2D eigenvalue weighted by Gasteiger charge is 2.55. The first kappa shape index (κ1) is 18.7. The van der Waals surface area contributed by atoms with Crippen molar-refractivity contribution >= 4 is 11.9 Å². The minimum absolute atomic E-state index is 0.0331. The molecule has 0 radical (unpaired) electrons. The van der Waals surface area contributed by atoms with E-state index in [1.165, 1.54) is 4.90 Å². The largest absolute Gasteiger partial charge is 0.490 e. The van der Waals surface area contributed by atoms with Gasteiger partial charge in [0.1, 0.15) is 24.0 Å². The molecule has 3 rings (SSSR count). The van der Waals surface area contributed by atoms with Gasteiger partial charge >= 0.3 is 6.03 Å². The molecule has 1 unspecified atom stereocenters. The zero-order chi connectivity index (χ0) is 18.9. The molecule has 1 aromatic rings. The Kier molecular flexibility index (Phi) is 5.23. The number of urea groups is 1. The highest BCUT2D eigenvalue weighted by Crippen LogP contribution is 2.39. The molecule has 2 aliphatic rings. The predicted molar refractivity (Wildman–Crippen MR) is 98.1 cm³/mol. The van der Waals surface area contributed by atoms with Crippen molar-refractivity contribution in [2.24, 2.45) is 0 Å². The average molecular weight is 360 g/mol. The molecule has 1 atom stereocenters. The standard InChI is InChI=1S/C20H28N2O4/c1-14-8-7-9-15(2)17(14)26-13-16(23)12-22-18(24)20(21(3)19(22)25)10-5-4-6-11-20/h7-9,16,23H,4-6,10-13H2,1-3H3. The number of aliphatic hydroxyl groups excluding tert-OH is 1. The number of β-amino-alcohol motifs (C(OH)–C–C–N with tert-alkyl or cyclic N) is 1. The van der Waals surface area contributed by atoms with Crippen molar-refractivity contribution in [3.63, 3.8) is 0 Å². The van der Waals surface area contributed by atoms with Gasteiger partial charge in [-0.05, 0) is 37.8 Å². The van der Waals surface area contributed by atoms with Gasteiger partial charge in [-0.25, -0.2) is 4.79 Å². The van der Waals surface area contributed by atoms with E-state index in [-0.39, 0.29) is 25.1 Å². The van der Waals surface area contributed by atoms with Crippen LogP contribution in [0.2, 0.25) is 0 Å². The number of benzene rings is 1. The summed E-state index contributed by atoms with van der Waals surface area (Å²) in [5.41, 5.74) is 1.28. The first-order valence-electron chi connectivity index (χ1n) is 9.33. The Hall–Kier alpha value is -2.08. The topological polar surface area (TPSA) is 70.1 Å². The second kappa shape index (κ2) is 7.27. The molecule has 6 heteroatoms. The molecule has 0 aromatic heterocycles. The van der Waals surface area contributed by atoms with E-state index in [0.717, 1.165) is 36.1 Å². The van der Waals surface area contributed by atoms with E-state index < -0.39 is 11.6 Å². The molecule has 26 heavy (non-hydrogen) atoms. The number of hydrogen-bond acceptors (Lipinski definition) is 4. The molecule has 6 nitrogen and oxygen atoms in total. The van der Waals surface area contributed by atoms with E-state index in [2.05, 4.69) is 0 Å². The third kappa shape index (κ3) is 3.18. The van der Waals surface area contributed by atoms with Crippen LogP contribution in [0, 0.1) is 13.8 Å². The first-order valence-corrected chi connectivity index (χ1v) is 9.33. The van der Waals surface area contributed by atoms with Gasteiger partial charge in [0.25, 0.3) is 5.91 Å². The summed E-state index contributed by atoms with van der Waals surface area (Å²) in [6, 6.07) is 5.53. The Morgan fingerprint density at radius 2 is 1.77 bits per heavy atom. The lowest BCUT2D eigenvalue weighted by Crippen LogP contribution is -2.49. The number of carbonyl (C=O) groups excluding carboxylic acids is 2. The van der Waals surface area contributed by atoms with Gasteiger partial charge in [-0.3, -0.25) is 9.69 Å². The Bertz CT molecular complexity index is 677. The number of ether oxygens (including phenoxy) is 1. The molecule has 3 amide bonds. The second-order valence-electron chi connectivity index (χ2n) is 7.54. The minimum Gasteiger partial charge on any atom is -0.490 e. The molecule has 1 aromatic carbocycles. The van der Waals surface area contributed by atoms with E-state index in [1.807, 2.05) is 32.0 Å². The van der Waals surface area contributed by atoms with Gasteiger partial charge in [-0.2, -0.15) is 0 Å². The fourth-order valence-electron chi connectivity index (χ4n) is 4.16. The zero-order valence-electron chi connectivity index (χ0n) is 15.8. The number of aryl methyl sites for hydroxylation is 2. The van der Waals surface area contributed by atoms with Crippen molar-refractivity contribution in [2.45, 2.75) is 57.6 Å². The van der Waals surface area contributed by atoms with Gasteiger partial charge < -0.3 is 14.7 Å². The van der Waals surface area contributed by atoms with E-state index in [4.69, 9.17) is 4.74 Å². The van der Waals surface area contributed by atoms with Crippen LogP contribution in [0.15, 0.2) is 18.2 Å². The summed E-state index contributed by atoms with van der Waals surface area (Å²) < 4.78 is 5.76. The van der Waals surface area contributed by atoms with Crippen LogP contribution in [0.5, 0.6) is 5.75 Å². The summed E-state index contributed by atoms with van der Waals surface area (Å²) >= 11 is 0. The van der Waals surface area contributed by atoms with Crippen LogP contribution in [-0.4, -0.2) is 58.7 Å². The van der Waals surface area contributed by atoms with Crippen LogP contribution in [0.4, 0.5) is 4.79 Å². The second-order valence-corrected chi connectivity index (χ2v) is 7.54. The summed E-state index contributed by atoms with van der Waals surface area (Å²) in [4.78, 5) is 28.3. The molecule has 1 saturated carbocycles. The van der Waals surface area contributed by atoms with Crippen LogP contribution >= 0.6 is 0 Å². The van der Waals surface area contributed by atoms with Gasteiger partial charge in [0.15, 0.2) is 0 Å². The molecule has 0 bridgehead atoms. The Morgan fingerprint density at radius 3 is 2.38 bits per heavy atom. The minimum atomic E-state index is -0.922. The summed E-state index contributed by atoms with van der Waals surface area (Å²) in [5.74, 6) is 0.572. The zero-order valence-corrected chi connectivity index (χ0v) is 15.8. The van der Waals surface area contributed by atoms with Crippen LogP contribution in [0.25, 0.3) is 0 Å². The number of amides is 3. The molecule has 1 spiro atoms. The summed E-state index contributed by atoms with van der Waals surface area (Å²) in [6.07, 6.45) is 3.50. The van der Waals surface area contributed by atoms with E-state index >= 15 is 0 Å². The Labute approximate surface area is 154 Å². The smallest absolute Gasteiger partial charge is 0.327 e. The van der Waals surface area contributed by atoms with Gasteiger partial charge in [0.2, 0.25) is 0 Å². The molecular formula is C20H28N2O4. The van der Waals surface area contributed by atoms with Crippen molar-refractivity contribution in [3.8, 4) is 5.75 Å². The number of likely N-dealkylation sites (N-methyl/N-ethyl adjacent to an activating group) is 1. The van der Waals surface area contributed by atoms with Gasteiger partial charge in [-0.1, -0.05) is 37.5 Å². The highest BCUT2D eigenvalue weighted by atomic mass is 16.5. The van der Waals surface area contributed by atoms with Crippen molar-refractivity contribution in [2.75, 3.05) is 20.2 Å². The third-order valence-electron chi connectivity index (χ3n) is 5.71. The van der Waals surface area contributed by atoms with Crippen LogP contribution in [0.3, 0.4) is 0 Å². The quantitative estimate of drug-likeness (QED) is 0.820. The SMILES string of the molecule is Cc1cccc(C)c1OCC(O)CN1C(=O)N(C)C2(CCCCC2)C1=O. The number of para-hydroxylation sites is 1.